The molecular weight excluding hydrogens is 356 g/mol. The van der Waals surface area contributed by atoms with Gasteiger partial charge in [0, 0.05) is 26.6 Å². The molecule has 28 heavy (non-hydrogen) atoms. The van der Waals surface area contributed by atoms with Gasteiger partial charge in [0.2, 0.25) is 11.8 Å². The molecule has 0 aliphatic carbocycles. The van der Waals surface area contributed by atoms with Crippen LogP contribution in [-0.4, -0.2) is 45.8 Å². The molecule has 1 fully saturated rings. The van der Waals surface area contributed by atoms with Crippen LogP contribution in [0.3, 0.4) is 0 Å². The van der Waals surface area contributed by atoms with E-state index >= 15 is 0 Å². The fourth-order valence-corrected chi connectivity index (χ4v) is 3.44. The van der Waals surface area contributed by atoms with Gasteiger partial charge in [-0.2, -0.15) is 0 Å². The number of hydrogen-bond donors (Lipinski definition) is 1. The predicted molar refractivity (Wildman–Crippen MR) is 105 cm³/mol. The molecule has 0 unspecified atom stereocenters. The van der Waals surface area contributed by atoms with Crippen molar-refractivity contribution in [1.82, 2.24) is 9.80 Å². The number of likely N-dealkylation sites (N-methyl/N-ethyl adjacent to an activating group) is 1. The lowest BCUT2D eigenvalue weighted by Gasteiger charge is -2.28. The maximum atomic E-state index is 13.0. The number of nitrogens with zero attached hydrogens (tertiary/aromatic N) is 2. The Labute approximate surface area is 164 Å². The summed E-state index contributed by atoms with van der Waals surface area (Å²) in [6.07, 6.45) is 0.898. The summed E-state index contributed by atoms with van der Waals surface area (Å²) in [6, 6.07) is 14.0. The lowest BCUT2D eigenvalue weighted by atomic mass is 10.1. The second-order valence-electron chi connectivity index (χ2n) is 7.26. The van der Waals surface area contributed by atoms with Gasteiger partial charge in [0.25, 0.3) is 0 Å². The van der Waals surface area contributed by atoms with Gasteiger partial charge in [0.15, 0.2) is 0 Å². The molecule has 1 heterocycles. The van der Waals surface area contributed by atoms with E-state index in [4.69, 9.17) is 5.11 Å². The van der Waals surface area contributed by atoms with Gasteiger partial charge < -0.3 is 14.9 Å². The molecule has 1 aliphatic heterocycles. The monoisotopic (exact) mass is 380 g/mol. The molecule has 6 nitrogen and oxygen atoms in total. The summed E-state index contributed by atoms with van der Waals surface area (Å²) in [7, 11) is 1.71. The topological polar surface area (TPSA) is 77.9 Å². The highest BCUT2D eigenvalue weighted by molar-refractivity contribution is 5.91. The second kappa shape index (κ2) is 8.25. The second-order valence-corrected chi connectivity index (χ2v) is 7.26. The van der Waals surface area contributed by atoms with E-state index in [2.05, 4.69) is 0 Å². The number of carboxylic acids is 1. The summed E-state index contributed by atoms with van der Waals surface area (Å²) in [5.41, 5.74) is 3.21. The highest BCUT2D eigenvalue weighted by Gasteiger charge is 2.37. The zero-order chi connectivity index (χ0) is 20.3. The molecule has 2 aromatic rings. The summed E-state index contributed by atoms with van der Waals surface area (Å²) in [5, 5.41) is 8.98. The molecule has 1 aliphatic rings. The van der Waals surface area contributed by atoms with E-state index in [9.17, 15) is 14.4 Å². The minimum absolute atomic E-state index is 0.00173. The maximum Gasteiger partial charge on any atom is 0.335 e. The lowest BCUT2D eigenvalue weighted by molar-refractivity contribution is -0.141. The van der Waals surface area contributed by atoms with Crippen LogP contribution in [0.1, 0.15) is 39.9 Å². The normalized spacial score (nSPS) is 16.3. The van der Waals surface area contributed by atoms with Crippen LogP contribution in [0.2, 0.25) is 0 Å². The van der Waals surface area contributed by atoms with E-state index in [0.717, 1.165) is 16.7 Å². The van der Waals surface area contributed by atoms with Crippen molar-refractivity contribution in [2.24, 2.45) is 0 Å². The van der Waals surface area contributed by atoms with Crippen LogP contribution in [0.5, 0.6) is 0 Å². The van der Waals surface area contributed by atoms with Gasteiger partial charge in [-0.15, -0.1) is 0 Å². The number of rotatable bonds is 6. The highest BCUT2D eigenvalue weighted by atomic mass is 16.4. The van der Waals surface area contributed by atoms with E-state index in [1.54, 1.807) is 29.0 Å². The van der Waals surface area contributed by atoms with E-state index < -0.39 is 12.0 Å². The van der Waals surface area contributed by atoms with Crippen LogP contribution >= 0.6 is 0 Å². The number of aromatic carboxylic acids is 1. The average Bonchev–Trinajstić information content (AvgIpc) is 3.03. The van der Waals surface area contributed by atoms with E-state index in [1.165, 1.54) is 12.1 Å². The average molecular weight is 380 g/mol. The largest absolute Gasteiger partial charge is 0.478 e. The Morgan fingerprint density at radius 3 is 2.29 bits per heavy atom. The Balaban J connectivity index is 1.67. The lowest BCUT2D eigenvalue weighted by Crippen LogP contribution is -2.44. The van der Waals surface area contributed by atoms with Gasteiger partial charge in [-0.1, -0.05) is 42.0 Å². The predicted octanol–water partition coefficient (Wildman–Crippen LogP) is 2.84. The molecule has 0 aromatic heterocycles. The Hall–Kier alpha value is -3.15. The molecule has 0 radical (unpaired) electrons. The van der Waals surface area contributed by atoms with Gasteiger partial charge in [0.05, 0.1) is 5.56 Å². The zero-order valence-corrected chi connectivity index (χ0v) is 16.1. The number of hydrogen-bond acceptors (Lipinski definition) is 3. The van der Waals surface area contributed by atoms with Crippen molar-refractivity contribution in [1.29, 1.82) is 0 Å². The van der Waals surface area contributed by atoms with Crippen LogP contribution in [0.15, 0.2) is 48.5 Å². The highest BCUT2D eigenvalue weighted by Crippen LogP contribution is 2.24. The van der Waals surface area contributed by atoms with Crippen molar-refractivity contribution in [3.8, 4) is 0 Å². The molecule has 2 amide bonds. The molecule has 1 N–H and O–H groups in total. The van der Waals surface area contributed by atoms with E-state index in [1.807, 2.05) is 31.2 Å². The van der Waals surface area contributed by atoms with Crippen LogP contribution in [0.25, 0.3) is 0 Å². The van der Waals surface area contributed by atoms with Crippen molar-refractivity contribution in [3.63, 3.8) is 0 Å². The number of aryl methyl sites for hydroxylation is 1. The van der Waals surface area contributed by atoms with Crippen molar-refractivity contribution >= 4 is 17.8 Å². The van der Waals surface area contributed by atoms with Crippen molar-refractivity contribution in [2.45, 2.75) is 38.9 Å². The van der Waals surface area contributed by atoms with E-state index in [-0.39, 0.29) is 17.4 Å². The zero-order valence-electron chi connectivity index (χ0n) is 16.1. The number of likely N-dealkylation sites (tertiary alicyclic amines) is 1. The molecule has 1 atom stereocenters. The minimum atomic E-state index is -0.979. The number of carbonyl (C=O) groups is 3. The summed E-state index contributed by atoms with van der Waals surface area (Å²) in [4.78, 5) is 39.5. The summed E-state index contributed by atoms with van der Waals surface area (Å²) in [5.74, 6) is -1.08. The van der Waals surface area contributed by atoms with Crippen LogP contribution in [0, 0.1) is 6.92 Å². The first-order valence-corrected chi connectivity index (χ1v) is 9.27. The number of benzene rings is 2. The molecule has 3 rings (SSSR count). The number of carboxylic acid groups (broad SMARTS) is 1. The van der Waals surface area contributed by atoms with Crippen molar-refractivity contribution in [2.75, 3.05) is 7.05 Å². The molecule has 6 heteroatoms. The van der Waals surface area contributed by atoms with Gasteiger partial charge in [-0.05, 0) is 36.6 Å². The van der Waals surface area contributed by atoms with Crippen molar-refractivity contribution < 1.29 is 19.5 Å². The third-order valence-electron chi connectivity index (χ3n) is 5.08. The summed E-state index contributed by atoms with van der Waals surface area (Å²) < 4.78 is 0. The SMILES string of the molecule is Cc1ccc(CN2C(=O)CC[C@@H]2C(=O)N(C)Cc2ccc(C(=O)O)cc2)cc1. The summed E-state index contributed by atoms with van der Waals surface area (Å²) in [6.45, 7) is 2.80. The minimum Gasteiger partial charge on any atom is -0.478 e. The molecule has 146 valence electrons. The smallest absolute Gasteiger partial charge is 0.335 e. The van der Waals surface area contributed by atoms with Gasteiger partial charge in [0.1, 0.15) is 6.04 Å². The third-order valence-corrected chi connectivity index (χ3v) is 5.08. The first-order valence-electron chi connectivity index (χ1n) is 9.27. The first kappa shape index (κ1) is 19.6. The maximum absolute atomic E-state index is 13.0. The standard InChI is InChI=1S/C22H24N2O4/c1-15-3-5-17(6-4-15)14-24-19(11-12-20(24)25)21(26)23(2)13-16-7-9-18(10-8-16)22(27)28/h3-10,19H,11-14H2,1-2H3,(H,27,28)/t19-/m1/s1. The van der Waals surface area contributed by atoms with Gasteiger partial charge in [-0.25, -0.2) is 4.79 Å². The van der Waals surface area contributed by atoms with Crippen LogP contribution in [0.4, 0.5) is 0 Å². The number of carbonyl (C=O) groups excluding carboxylic acids is 2. The molecular formula is C22H24N2O4. The quantitative estimate of drug-likeness (QED) is 0.836. The van der Waals surface area contributed by atoms with Gasteiger partial charge in [-0.3, -0.25) is 9.59 Å². The van der Waals surface area contributed by atoms with Crippen LogP contribution < -0.4 is 0 Å². The fraction of sp³-hybridized carbons (Fsp3) is 0.318. The van der Waals surface area contributed by atoms with Crippen LogP contribution in [-0.2, 0) is 22.7 Å². The third kappa shape index (κ3) is 4.39. The van der Waals surface area contributed by atoms with Crippen molar-refractivity contribution in [3.05, 3.63) is 70.8 Å². The fourth-order valence-electron chi connectivity index (χ4n) is 3.44. The Morgan fingerprint density at radius 2 is 1.68 bits per heavy atom. The van der Waals surface area contributed by atoms with E-state index in [0.29, 0.717) is 25.9 Å². The first-order chi connectivity index (χ1) is 13.3. The molecule has 2 aromatic carbocycles. The molecule has 1 saturated heterocycles. The Bertz CT molecular complexity index is 874. The molecule has 0 spiro atoms. The molecule has 0 saturated carbocycles. The Kier molecular flexibility index (Phi) is 5.78. The summed E-state index contributed by atoms with van der Waals surface area (Å²) >= 11 is 0. The Morgan fingerprint density at radius 1 is 1.07 bits per heavy atom. The van der Waals surface area contributed by atoms with Gasteiger partial charge >= 0.3 is 5.97 Å². The molecule has 0 bridgehead atoms. The number of amides is 2.